The number of anilines is 1. The summed E-state index contributed by atoms with van der Waals surface area (Å²) in [5.41, 5.74) is 1.73. The fourth-order valence-electron chi connectivity index (χ4n) is 2.62. The summed E-state index contributed by atoms with van der Waals surface area (Å²) in [5, 5.41) is 19.1. The Bertz CT molecular complexity index is 686. The summed E-state index contributed by atoms with van der Waals surface area (Å²) in [5.74, 6) is 0.166. The minimum Gasteiger partial charge on any atom is -0.351 e. The Hall–Kier alpha value is -2.04. The van der Waals surface area contributed by atoms with Crippen molar-refractivity contribution in [2.24, 2.45) is 0 Å². The van der Waals surface area contributed by atoms with Gasteiger partial charge in [-0.3, -0.25) is 0 Å². The van der Waals surface area contributed by atoms with Crippen LogP contribution in [0.25, 0.3) is 0 Å². The number of nitrogens with zero attached hydrogens (tertiary/aromatic N) is 4. The fourth-order valence-corrected chi connectivity index (χ4v) is 3.57. The molecule has 1 aliphatic rings. The van der Waals surface area contributed by atoms with E-state index < -0.39 is 5.92 Å². The molecule has 0 saturated carbocycles. The fraction of sp³-hybridized carbons (Fsp3) is 0.500. The molecule has 2 N–H and O–H groups in total. The third-order valence-electron chi connectivity index (χ3n) is 3.95. The predicted molar refractivity (Wildman–Crippen MR) is 90.5 cm³/mol. The molecule has 6 nitrogen and oxygen atoms in total. The van der Waals surface area contributed by atoms with E-state index in [4.69, 9.17) is 0 Å². The van der Waals surface area contributed by atoms with Crippen LogP contribution in [0.5, 0.6) is 0 Å². The summed E-state index contributed by atoms with van der Waals surface area (Å²) in [7, 11) is 0. The first-order valence-electron chi connectivity index (χ1n) is 7.94. The van der Waals surface area contributed by atoms with Crippen LogP contribution in [0.1, 0.15) is 42.1 Å². The van der Waals surface area contributed by atoms with Crippen LogP contribution in [0.4, 0.5) is 5.95 Å². The van der Waals surface area contributed by atoms with E-state index in [-0.39, 0.29) is 0 Å². The van der Waals surface area contributed by atoms with Crippen LogP contribution in [-0.2, 0) is 6.42 Å². The molecule has 0 bridgehead atoms. The van der Waals surface area contributed by atoms with Crippen molar-refractivity contribution in [3.63, 3.8) is 0 Å². The number of rotatable bonds is 5. The maximum Gasteiger partial charge on any atom is 0.223 e. The van der Waals surface area contributed by atoms with Crippen LogP contribution >= 0.6 is 11.3 Å². The molecule has 3 heterocycles. The van der Waals surface area contributed by atoms with Crippen LogP contribution in [0.15, 0.2) is 17.6 Å². The predicted octanol–water partition coefficient (Wildman–Crippen LogP) is 2.31. The molecule has 0 amide bonds. The van der Waals surface area contributed by atoms with Gasteiger partial charge in [-0.1, -0.05) is 6.92 Å². The molecular weight excluding hydrogens is 308 g/mol. The first kappa shape index (κ1) is 15.8. The van der Waals surface area contributed by atoms with E-state index in [9.17, 15) is 5.26 Å². The zero-order chi connectivity index (χ0) is 16.1. The van der Waals surface area contributed by atoms with Gasteiger partial charge in [0.2, 0.25) is 5.95 Å². The molecule has 2 aromatic heterocycles. The highest BCUT2D eigenvalue weighted by molar-refractivity contribution is 7.09. The van der Waals surface area contributed by atoms with Gasteiger partial charge in [-0.05, 0) is 38.4 Å². The minimum atomic E-state index is -0.433. The Morgan fingerprint density at radius 3 is 2.96 bits per heavy atom. The van der Waals surface area contributed by atoms with Crippen molar-refractivity contribution in [3.05, 3.63) is 34.0 Å². The monoisotopic (exact) mass is 328 g/mol. The number of thiazole rings is 1. The second kappa shape index (κ2) is 7.49. The van der Waals surface area contributed by atoms with Crippen molar-refractivity contribution in [3.8, 4) is 6.07 Å². The maximum absolute atomic E-state index is 9.55. The number of aromatic nitrogens is 3. The summed E-state index contributed by atoms with van der Waals surface area (Å²) in [6.45, 7) is 4.08. The summed E-state index contributed by atoms with van der Waals surface area (Å²) in [6, 6.07) is 4.51. The van der Waals surface area contributed by atoms with Gasteiger partial charge in [0.05, 0.1) is 17.5 Å². The van der Waals surface area contributed by atoms with E-state index in [2.05, 4.69) is 38.6 Å². The molecule has 120 valence electrons. The molecule has 2 aromatic rings. The summed E-state index contributed by atoms with van der Waals surface area (Å²) < 4.78 is 0. The normalized spacial score (nSPS) is 16.7. The number of nitriles is 1. The van der Waals surface area contributed by atoms with Crippen LogP contribution in [0.2, 0.25) is 0 Å². The average molecular weight is 328 g/mol. The smallest absolute Gasteiger partial charge is 0.223 e. The Morgan fingerprint density at radius 2 is 2.26 bits per heavy atom. The highest BCUT2D eigenvalue weighted by Crippen LogP contribution is 2.26. The molecule has 1 aliphatic heterocycles. The molecule has 23 heavy (non-hydrogen) atoms. The quantitative estimate of drug-likeness (QED) is 0.876. The van der Waals surface area contributed by atoms with Crippen LogP contribution in [-0.4, -0.2) is 34.1 Å². The molecule has 7 heteroatoms. The summed E-state index contributed by atoms with van der Waals surface area (Å²) in [4.78, 5) is 13.4. The first-order chi connectivity index (χ1) is 11.3. The van der Waals surface area contributed by atoms with E-state index in [1.807, 2.05) is 5.38 Å². The maximum atomic E-state index is 9.55. The van der Waals surface area contributed by atoms with Crippen LogP contribution in [0, 0.1) is 11.3 Å². The van der Waals surface area contributed by atoms with Crippen molar-refractivity contribution in [2.75, 3.05) is 18.4 Å². The molecule has 3 rings (SSSR count). The highest BCUT2D eigenvalue weighted by atomic mass is 32.1. The summed E-state index contributed by atoms with van der Waals surface area (Å²) in [6.07, 6.45) is 4.70. The standard InChI is InChI=1S/C16H20N6S/c1-2-11-10-23-15(20-11)13(9-17)14-5-8-19-16(22-14)21-12-3-6-18-7-4-12/h5,8,10,12-13,18H,2-4,6-7H2,1H3,(H,19,21,22). The molecule has 1 atom stereocenters. The Kier molecular flexibility index (Phi) is 5.16. The lowest BCUT2D eigenvalue weighted by molar-refractivity contribution is 0.477. The van der Waals surface area contributed by atoms with Gasteiger partial charge < -0.3 is 10.6 Å². The van der Waals surface area contributed by atoms with Gasteiger partial charge in [-0.25, -0.2) is 15.0 Å². The lowest BCUT2D eigenvalue weighted by Crippen LogP contribution is -2.35. The molecule has 0 spiro atoms. The van der Waals surface area contributed by atoms with Crippen LogP contribution in [0.3, 0.4) is 0 Å². The highest BCUT2D eigenvalue weighted by Gasteiger charge is 2.20. The van der Waals surface area contributed by atoms with Crippen molar-refractivity contribution >= 4 is 17.3 Å². The molecule has 1 fully saturated rings. The lowest BCUT2D eigenvalue weighted by Gasteiger charge is -2.23. The Labute approximate surface area is 140 Å². The molecule has 0 aliphatic carbocycles. The van der Waals surface area contributed by atoms with E-state index in [0.29, 0.717) is 17.7 Å². The van der Waals surface area contributed by atoms with Gasteiger partial charge in [0, 0.05) is 17.6 Å². The minimum absolute atomic E-state index is 0.388. The van der Waals surface area contributed by atoms with Gasteiger partial charge in [-0.15, -0.1) is 11.3 Å². The third kappa shape index (κ3) is 3.84. The van der Waals surface area contributed by atoms with Gasteiger partial charge in [-0.2, -0.15) is 5.26 Å². The number of hydrogen-bond acceptors (Lipinski definition) is 7. The third-order valence-corrected chi connectivity index (χ3v) is 4.91. The Balaban J connectivity index is 1.78. The molecule has 1 saturated heterocycles. The van der Waals surface area contributed by atoms with Crippen molar-refractivity contribution in [1.82, 2.24) is 20.3 Å². The molecule has 1 unspecified atom stereocenters. The van der Waals surface area contributed by atoms with Crippen molar-refractivity contribution in [2.45, 2.75) is 38.1 Å². The molecular formula is C16H20N6S. The average Bonchev–Trinajstić information content (AvgIpc) is 3.06. The van der Waals surface area contributed by atoms with Crippen molar-refractivity contribution < 1.29 is 0 Å². The van der Waals surface area contributed by atoms with Gasteiger partial charge >= 0.3 is 0 Å². The van der Waals surface area contributed by atoms with E-state index in [0.717, 1.165) is 43.1 Å². The van der Waals surface area contributed by atoms with Crippen LogP contribution < -0.4 is 10.6 Å². The number of nitrogens with one attached hydrogen (secondary N) is 2. The van der Waals surface area contributed by atoms with Crippen molar-refractivity contribution in [1.29, 1.82) is 5.26 Å². The van der Waals surface area contributed by atoms with Gasteiger partial charge in [0.25, 0.3) is 0 Å². The van der Waals surface area contributed by atoms with E-state index >= 15 is 0 Å². The van der Waals surface area contributed by atoms with E-state index in [1.54, 1.807) is 12.3 Å². The zero-order valence-corrected chi connectivity index (χ0v) is 13.9. The largest absolute Gasteiger partial charge is 0.351 e. The Morgan fingerprint density at radius 1 is 1.43 bits per heavy atom. The SMILES string of the molecule is CCc1csc(C(C#N)c2ccnc(NC3CCNCC3)n2)n1. The first-order valence-corrected chi connectivity index (χ1v) is 8.82. The number of piperidine rings is 1. The number of aryl methyl sites for hydroxylation is 1. The second-order valence-corrected chi connectivity index (χ2v) is 6.46. The number of hydrogen-bond donors (Lipinski definition) is 2. The van der Waals surface area contributed by atoms with Gasteiger partial charge in [0.15, 0.2) is 0 Å². The molecule has 0 radical (unpaired) electrons. The summed E-state index contributed by atoms with van der Waals surface area (Å²) >= 11 is 1.52. The topological polar surface area (TPSA) is 86.5 Å². The van der Waals surface area contributed by atoms with Gasteiger partial charge in [0.1, 0.15) is 10.9 Å². The second-order valence-electron chi connectivity index (χ2n) is 5.57. The van der Waals surface area contributed by atoms with E-state index in [1.165, 1.54) is 11.3 Å². The zero-order valence-electron chi connectivity index (χ0n) is 13.1. The molecule has 0 aromatic carbocycles. The lowest BCUT2D eigenvalue weighted by atomic mass is 10.1.